The number of rotatable bonds is 5. The molecule has 5 heteroatoms. The normalized spacial score (nSPS) is 15.1. The van der Waals surface area contributed by atoms with Crippen molar-refractivity contribution in [3.8, 4) is 5.75 Å². The van der Waals surface area contributed by atoms with Crippen LogP contribution in [0.15, 0.2) is 24.3 Å². The van der Waals surface area contributed by atoms with E-state index < -0.39 is 0 Å². The van der Waals surface area contributed by atoms with Crippen molar-refractivity contribution in [3.63, 3.8) is 0 Å². The third-order valence-electron chi connectivity index (χ3n) is 2.64. The van der Waals surface area contributed by atoms with Gasteiger partial charge in [-0.1, -0.05) is 0 Å². The molecule has 0 aromatic heterocycles. The van der Waals surface area contributed by atoms with Crippen molar-refractivity contribution in [1.82, 2.24) is 10.6 Å². The van der Waals surface area contributed by atoms with E-state index in [0.717, 1.165) is 13.1 Å². The lowest BCUT2D eigenvalue weighted by Gasteiger charge is -2.27. The van der Waals surface area contributed by atoms with E-state index in [0.29, 0.717) is 18.2 Å². The van der Waals surface area contributed by atoms with Crippen LogP contribution in [0.25, 0.3) is 0 Å². The second kappa shape index (κ2) is 5.63. The summed E-state index contributed by atoms with van der Waals surface area (Å²) in [4.78, 5) is 11.4. The van der Waals surface area contributed by atoms with Crippen LogP contribution in [0, 0.1) is 11.7 Å². The Balaban J connectivity index is 1.66. The zero-order valence-corrected chi connectivity index (χ0v) is 9.41. The highest BCUT2D eigenvalue weighted by Crippen LogP contribution is 2.10. The number of ether oxygens (including phenoxy) is 1. The summed E-state index contributed by atoms with van der Waals surface area (Å²) >= 11 is 0. The van der Waals surface area contributed by atoms with Crippen LogP contribution in [0.5, 0.6) is 5.75 Å². The molecule has 1 aromatic carbocycles. The molecule has 1 heterocycles. The van der Waals surface area contributed by atoms with Gasteiger partial charge in [-0.25, -0.2) is 4.39 Å². The van der Waals surface area contributed by atoms with Gasteiger partial charge in [0.25, 0.3) is 5.91 Å². The van der Waals surface area contributed by atoms with Crippen LogP contribution in [0.4, 0.5) is 4.39 Å². The molecule has 0 bridgehead atoms. The van der Waals surface area contributed by atoms with Crippen LogP contribution in [-0.4, -0.2) is 32.1 Å². The Morgan fingerprint density at radius 3 is 2.71 bits per heavy atom. The standard InChI is InChI=1S/C12H15FN2O2/c13-10-1-3-11(4-2-10)17-8-12(16)15-7-9-5-14-6-9/h1-4,9,14H,5-8H2,(H,15,16). The van der Waals surface area contributed by atoms with Gasteiger partial charge in [-0.15, -0.1) is 0 Å². The first-order valence-electron chi connectivity index (χ1n) is 5.60. The van der Waals surface area contributed by atoms with E-state index in [-0.39, 0.29) is 18.3 Å². The minimum Gasteiger partial charge on any atom is -0.484 e. The van der Waals surface area contributed by atoms with E-state index in [1.54, 1.807) is 0 Å². The molecule has 2 rings (SSSR count). The zero-order valence-electron chi connectivity index (χ0n) is 9.41. The van der Waals surface area contributed by atoms with Gasteiger partial charge in [-0.2, -0.15) is 0 Å². The first-order chi connectivity index (χ1) is 8.24. The highest BCUT2D eigenvalue weighted by Gasteiger charge is 2.17. The maximum Gasteiger partial charge on any atom is 0.257 e. The molecular formula is C12H15FN2O2. The molecule has 1 aromatic rings. The predicted octanol–water partition coefficient (Wildman–Crippen LogP) is 0.540. The van der Waals surface area contributed by atoms with Crippen LogP contribution in [0.1, 0.15) is 0 Å². The number of hydrogen-bond donors (Lipinski definition) is 2. The highest BCUT2D eigenvalue weighted by atomic mass is 19.1. The van der Waals surface area contributed by atoms with Crippen molar-refractivity contribution in [2.75, 3.05) is 26.2 Å². The predicted molar refractivity (Wildman–Crippen MR) is 61.3 cm³/mol. The van der Waals surface area contributed by atoms with Gasteiger partial charge in [0.05, 0.1) is 0 Å². The number of hydrogen-bond acceptors (Lipinski definition) is 3. The molecule has 0 spiro atoms. The van der Waals surface area contributed by atoms with Crippen molar-refractivity contribution in [2.24, 2.45) is 5.92 Å². The summed E-state index contributed by atoms with van der Waals surface area (Å²) in [6, 6.07) is 5.59. The quantitative estimate of drug-likeness (QED) is 0.787. The number of halogens is 1. The summed E-state index contributed by atoms with van der Waals surface area (Å²) in [6.45, 7) is 2.56. The fraction of sp³-hybridized carbons (Fsp3) is 0.417. The third kappa shape index (κ3) is 3.71. The lowest BCUT2D eigenvalue weighted by atomic mass is 10.0. The van der Waals surface area contributed by atoms with E-state index in [1.165, 1.54) is 24.3 Å². The van der Waals surface area contributed by atoms with Crippen molar-refractivity contribution >= 4 is 5.91 Å². The maximum atomic E-state index is 12.6. The molecule has 0 atom stereocenters. The Labute approximate surface area is 99.2 Å². The van der Waals surface area contributed by atoms with Gasteiger partial charge in [0.1, 0.15) is 11.6 Å². The van der Waals surface area contributed by atoms with Crippen molar-refractivity contribution in [3.05, 3.63) is 30.1 Å². The lowest BCUT2D eigenvalue weighted by Crippen LogP contribution is -2.48. The lowest BCUT2D eigenvalue weighted by molar-refractivity contribution is -0.123. The van der Waals surface area contributed by atoms with Crippen LogP contribution < -0.4 is 15.4 Å². The van der Waals surface area contributed by atoms with Gasteiger partial charge in [-0.3, -0.25) is 4.79 Å². The van der Waals surface area contributed by atoms with Crippen molar-refractivity contribution < 1.29 is 13.9 Å². The van der Waals surface area contributed by atoms with E-state index in [2.05, 4.69) is 10.6 Å². The Morgan fingerprint density at radius 1 is 1.41 bits per heavy atom. The second-order valence-corrected chi connectivity index (χ2v) is 4.07. The van der Waals surface area contributed by atoms with Gasteiger partial charge in [-0.05, 0) is 24.3 Å². The second-order valence-electron chi connectivity index (χ2n) is 4.07. The van der Waals surface area contributed by atoms with Gasteiger partial charge >= 0.3 is 0 Å². The van der Waals surface area contributed by atoms with Gasteiger partial charge in [0.2, 0.25) is 0 Å². The minimum atomic E-state index is -0.320. The summed E-state index contributed by atoms with van der Waals surface area (Å²) in [7, 11) is 0. The monoisotopic (exact) mass is 238 g/mol. The zero-order chi connectivity index (χ0) is 12.1. The fourth-order valence-corrected chi connectivity index (χ4v) is 1.48. The number of benzene rings is 1. The summed E-state index contributed by atoms with van der Waals surface area (Å²) < 4.78 is 17.8. The summed E-state index contributed by atoms with van der Waals surface area (Å²) in [6.07, 6.45) is 0. The van der Waals surface area contributed by atoms with Crippen molar-refractivity contribution in [2.45, 2.75) is 0 Å². The van der Waals surface area contributed by atoms with Crippen molar-refractivity contribution in [1.29, 1.82) is 0 Å². The smallest absolute Gasteiger partial charge is 0.257 e. The topological polar surface area (TPSA) is 50.4 Å². The molecule has 1 fully saturated rings. The summed E-state index contributed by atoms with van der Waals surface area (Å²) in [5, 5.41) is 5.92. The molecule has 0 saturated carbocycles. The van der Waals surface area contributed by atoms with Gasteiger partial charge in [0, 0.05) is 25.6 Å². The van der Waals surface area contributed by atoms with E-state index >= 15 is 0 Å². The number of carbonyl (C=O) groups is 1. The summed E-state index contributed by atoms with van der Waals surface area (Å²) in [5.41, 5.74) is 0. The molecular weight excluding hydrogens is 223 g/mol. The Kier molecular flexibility index (Phi) is 3.93. The Bertz CT molecular complexity index is 377. The highest BCUT2D eigenvalue weighted by molar-refractivity contribution is 5.77. The van der Waals surface area contributed by atoms with E-state index in [1.807, 2.05) is 0 Å². The third-order valence-corrected chi connectivity index (χ3v) is 2.64. The summed E-state index contributed by atoms with van der Waals surface area (Å²) in [5.74, 6) is 0.553. The van der Waals surface area contributed by atoms with E-state index in [4.69, 9.17) is 4.74 Å². The van der Waals surface area contributed by atoms with Crippen LogP contribution in [0.2, 0.25) is 0 Å². The number of carbonyl (C=O) groups excluding carboxylic acids is 1. The van der Waals surface area contributed by atoms with Crippen LogP contribution >= 0.6 is 0 Å². The number of nitrogens with one attached hydrogen (secondary N) is 2. The van der Waals surface area contributed by atoms with Crippen LogP contribution in [0.3, 0.4) is 0 Å². The maximum absolute atomic E-state index is 12.6. The van der Waals surface area contributed by atoms with Gasteiger partial charge in [0.15, 0.2) is 6.61 Å². The molecule has 0 radical (unpaired) electrons. The van der Waals surface area contributed by atoms with Crippen LogP contribution in [-0.2, 0) is 4.79 Å². The Morgan fingerprint density at radius 2 is 2.12 bits per heavy atom. The molecule has 1 amide bonds. The molecule has 1 aliphatic rings. The average Bonchev–Trinajstić information content (AvgIpc) is 2.26. The SMILES string of the molecule is O=C(COc1ccc(F)cc1)NCC1CNC1. The number of amides is 1. The molecule has 0 unspecified atom stereocenters. The first-order valence-corrected chi connectivity index (χ1v) is 5.60. The molecule has 92 valence electrons. The molecule has 1 aliphatic heterocycles. The molecule has 4 nitrogen and oxygen atoms in total. The van der Waals surface area contributed by atoms with Gasteiger partial charge < -0.3 is 15.4 Å². The Hall–Kier alpha value is -1.62. The molecule has 17 heavy (non-hydrogen) atoms. The first kappa shape index (κ1) is 11.9. The fourth-order valence-electron chi connectivity index (χ4n) is 1.48. The minimum absolute atomic E-state index is 0.0359. The molecule has 2 N–H and O–H groups in total. The largest absolute Gasteiger partial charge is 0.484 e. The molecule has 1 saturated heterocycles. The average molecular weight is 238 g/mol. The molecule has 0 aliphatic carbocycles. The van der Waals surface area contributed by atoms with E-state index in [9.17, 15) is 9.18 Å².